The summed E-state index contributed by atoms with van der Waals surface area (Å²) < 4.78 is 26.1. The van der Waals surface area contributed by atoms with Crippen LogP contribution in [0.3, 0.4) is 0 Å². The van der Waals surface area contributed by atoms with Crippen LogP contribution in [0.5, 0.6) is 0 Å². The molecule has 2 aromatic heterocycles. The van der Waals surface area contributed by atoms with Crippen LogP contribution < -0.4 is 5.32 Å². The topological polar surface area (TPSA) is 104 Å². The Kier molecular flexibility index (Phi) is 6.97. The van der Waals surface area contributed by atoms with E-state index in [0.717, 1.165) is 0 Å². The minimum atomic E-state index is -0.751. The standard InChI is InChI=1S/C19H15Cl3FN7O2/c1-31-9-15-25-16(32-27-15)8-24-18(17-11(21)3-2-4-12(17)22)19-26-28-29-30(19)14-6-5-10(20)7-13(14)23/h2-7,18,24H,8-9H2,1H3. The highest BCUT2D eigenvalue weighted by Crippen LogP contribution is 2.34. The number of rotatable bonds is 8. The van der Waals surface area contributed by atoms with Gasteiger partial charge in [-0.3, -0.25) is 5.32 Å². The molecule has 1 atom stereocenters. The van der Waals surface area contributed by atoms with Crippen molar-refractivity contribution in [3.05, 3.63) is 80.4 Å². The largest absolute Gasteiger partial charge is 0.377 e. The monoisotopic (exact) mass is 497 g/mol. The maximum Gasteiger partial charge on any atom is 0.240 e. The predicted molar refractivity (Wildman–Crippen MR) is 114 cm³/mol. The SMILES string of the molecule is COCc1noc(CNC(c2c(Cl)cccc2Cl)c2nnnn2-c2ccc(Cl)cc2F)n1. The van der Waals surface area contributed by atoms with Crippen molar-refractivity contribution >= 4 is 34.8 Å². The third-order valence-corrected chi connectivity index (χ3v) is 5.31. The lowest BCUT2D eigenvalue weighted by molar-refractivity contribution is 0.174. The number of hydrogen-bond acceptors (Lipinski definition) is 8. The number of nitrogens with one attached hydrogen (secondary N) is 1. The molecule has 0 amide bonds. The Labute approximate surface area is 196 Å². The van der Waals surface area contributed by atoms with Gasteiger partial charge >= 0.3 is 0 Å². The zero-order valence-corrected chi connectivity index (χ0v) is 18.7. The van der Waals surface area contributed by atoms with E-state index in [4.69, 9.17) is 44.1 Å². The van der Waals surface area contributed by atoms with E-state index in [1.807, 2.05) is 0 Å². The van der Waals surface area contributed by atoms with Gasteiger partial charge in [0, 0.05) is 27.7 Å². The second kappa shape index (κ2) is 9.88. The molecular weight excluding hydrogens is 484 g/mol. The molecule has 0 spiro atoms. The van der Waals surface area contributed by atoms with Crippen LogP contribution in [0.4, 0.5) is 4.39 Å². The molecule has 0 aliphatic rings. The first-order chi connectivity index (χ1) is 15.5. The molecule has 2 aromatic carbocycles. The Balaban J connectivity index is 1.74. The highest BCUT2D eigenvalue weighted by Gasteiger charge is 2.27. The number of hydrogen-bond donors (Lipinski definition) is 1. The number of ether oxygens (including phenoxy) is 1. The van der Waals surface area contributed by atoms with E-state index in [0.29, 0.717) is 27.3 Å². The van der Waals surface area contributed by atoms with Gasteiger partial charge < -0.3 is 9.26 Å². The van der Waals surface area contributed by atoms with Crippen molar-refractivity contribution < 1.29 is 13.7 Å². The van der Waals surface area contributed by atoms with Gasteiger partial charge in [0.1, 0.15) is 18.1 Å². The molecule has 0 saturated carbocycles. The van der Waals surface area contributed by atoms with Crippen LogP contribution in [0, 0.1) is 5.82 Å². The Morgan fingerprint density at radius 2 is 1.97 bits per heavy atom. The average molecular weight is 499 g/mol. The summed E-state index contributed by atoms with van der Waals surface area (Å²) in [5.41, 5.74) is 0.599. The van der Waals surface area contributed by atoms with Crippen molar-refractivity contribution in [1.29, 1.82) is 0 Å². The smallest absolute Gasteiger partial charge is 0.240 e. The van der Waals surface area contributed by atoms with Crippen LogP contribution in [-0.4, -0.2) is 37.5 Å². The number of nitrogens with zero attached hydrogens (tertiary/aromatic N) is 6. The first-order valence-corrected chi connectivity index (χ1v) is 10.3. The normalized spacial score (nSPS) is 12.3. The minimum absolute atomic E-state index is 0.101. The van der Waals surface area contributed by atoms with Crippen LogP contribution in [0.2, 0.25) is 15.1 Å². The van der Waals surface area contributed by atoms with Crippen molar-refractivity contribution in [3.63, 3.8) is 0 Å². The summed E-state index contributed by atoms with van der Waals surface area (Å²) in [7, 11) is 1.53. The second-order valence-corrected chi connectivity index (χ2v) is 7.78. The van der Waals surface area contributed by atoms with Gasteiger partial charge in [-0.05, 0) is 40.8 Å². The fourth-order valence-corrected chi connectivity index (χ4v) is 3.82. The highest BCUT2D eigenvalue weighted by atomic mass is 35.5. The van der Waals surface area contributed by atoms with Crippen molar-refractivity contribution in [2.75, 3.05) is 7.11 Å². The third-order valence-electron chi connectivity index (χ3n) is 4.42. The van der Waals surface area contributed by atoms with Crippen molar-refractivity contribution in [3.8, 4) is 5.69 Å². The van der Waals surface area contributed by atoms with E-state index < -0.39 is 11.9 Å². The second-order valence-electron chi connectivity index (χ2n) is 6.53. The Bertz CT molecular complexity index is 1210. The molecule has 2 heterocycles. The fourth-order valence-electron chi connectivity index (χ4n) is 3.05. The van der Waals surface area contributed by atoms with E-state index in [1.165, 1.54) is 30.0 Å². The highest BCUT2D eigenvalue weighted by molar-refractivity contribution is 6.36. The minimum Gasteiger partial charge on any atom is -0.377 e. The van der Waals surface area contributed by atoms with E-state index >= 15 is 0 Å². The van der Waals surface area contributed by atoms with Crippen LogP contribution in [0.1, 0.15) is 29.1 Å². The van der Waals surface area contributed by atoms with Gasteiger partial charge in [0.05, 0.1) is 12.6 Å². The summed E-state index contributed by atoms with van der Waals surface area (Å²) in [4.78, 5) is 4.23. The summed E-state index contributed by atoms with van der Waals surface area (Å²) in [5.74, 6) is 0.320. The van der Waals surface area contributed by atoms with Crippen molar-refractivity contribution in [2.45, 2.75) is 19.2 Å². The lowest BCUT2D eigenvalue weighted by Gasteiger charge is -2.20. The first-order valence-electron chi connectivity index (χ1n) is 9.19. The molecule has 1 unspecified atom stereocenters. The molecule has 0 aliphatic carbocycles. The van der Waals surface area contributed by atoms with Crippen LogP contribution in [0.25, 0.3) is 5.69 Å². The fraction of sp³-hybridized carbons (Fsp3) is 0.211. The number of halogens is 4. The molecule has 0 aliphatic heterocycles. The lowest BCUT2D eigenvalue weighted by Crippen LogP contribution is -2.26. The summed E-state index contributed by atoms with van der Waals surface area (Å²) >= 11 is 18.8. The maximum absolute atomic E-state index is 14.6. The zero-order valence-electron chi connectivity index (χ0n) is 16.5. The zero-order chi connectivity index (χ0) is 22.7. The van der Waals surface area contributed by atoms with Crippen LogP contribution in [-0.2, 0) is 17.9 Å². The first kappa shape index (κ1) is 22.6. The van der Waals surface area contributed by atoms with Gasteiger partial charge in [-0.25, -0.2) is 4.39 Å². The van der Waals surface area contributed by atoms with Crippen molar-refractivity contribution in [1.82, 2.24) is 35.7 Å². The molecule has 1 N–H and O–H groups in total. The van der Waals surface area contributed by atoms with E-state index in [-0.39, 0.29) is 29.7 Å². The van der Waals surface area contributed by atoms with Gasteiger partial charge in [0.2, 0.25) is 5.89 Å². The Morgan fingerprint density at radius 3 is 2.69 bits per heavy atom. The molecule has 32 heavy (non-hydrogen) atoms. The number of methoxy groups -OCH3 is 1. The Hall–Kier alpha value is -2.63. The van der Waals surface area contributed by atoms with Crippen LogP contribution >= 0.6 is 34.8 Å². The van der Waals surface area contributed by atoms with Crippen LogP contribution in [0.15, 0.2) is 40.9 Å². The van der Waals surface area contributed by atoms with Crippen molar-refractivity contribution in [2.24, 2.45) is 0 Å². The molecule has 0 saturated heterocycles. The number of benzene rings is 2. The average Bonchev–Trinajstić information content (AvgIpc) is 3.40. The lowest BCUT2D eigenvalue weighted by atomic mass is 10.1. The molecule has 0 bridgehead atoms. The third kappa shape index (κ3) is 4.74. The van der Waals surface area contributed by atoms with Gasteiger partial charge in [-0.2, -0.15) is 9.67 Å². The van der Waals surface area contributed by atoms with Gasteiger partial charge in [0.15, 0.2) is 11.6 Å². The van der Waals surface area contributed by atoms with E-state index in [1.54, 1.807) is 18.2 Å². The molecule has 166 valence electrons. The Morgan fingerprint density at radius 1 is 1.19 bits per heavy atom. The quantitative estimate of drug-likeness (QED) is 0.386. The summed E-state index contributed by atoms with van der Waals surface area (Å²) in [6.45, 7) is 0.330. The summed E-state index contributed by atoms with van der Waals surface area (Å²) in [6.07, 6.45) is 0. The number of aromatic nitrogens is 6. The van der Waals surface area contributed by atoms with Gasteiger partial charge in [0.25, 0.3) is 0 Å². The molecular formula is C19H15Cl3FN7O2. The summed E-state index contributed by atoms with van der Waals surface area (Å²) in [6, 6.07) is 8.49. The molecule has 4 aromatic rings. The summed E-state index contributed by atoms with van der Waals surface area (Å²) in [5, 5.41) is 19.8. The van der Waals surface area contributed by atoms with Gasteiger partial charge in [-0.1, -0.05) is 46.0 Å². The molecule has 9 nitrogen and oxygen atoms in total. The predicted octanol–water partition coefficient (Wildman–Crippen LogP) is 4.17. The molecule has 0 radical (unpaired) electrons. The van der Waals surface area contributed by atoms with Gasteiger partial charge in [-0.15, -0.1) is 5.10 Å². The molecule has 0 fully saturated rings. The van der Waals surface area contributed by atoms with E-state index in [9.17, 15) is 4.39 Å². The molecule has 13 heteroatoms. The molecule has 4 rings (SSSR count). The maximum atomic E-state index is 14.6. The number of tetrazole rings is 1. The van der Waals surface area contributed by atoms with E-state index in [2.05, 4.69) is 31.0 Å².